The van der Waals surface area contributed by atoms with Gasteiger partial charge in [-0.2, -0.15) is 5.10 Å². The zero-order chi connectivity index (χ0) is 29.2. The minimum atomic E-state index is -3.80. The predicted molar refractivity (Wildman–Crippen MR) is 161 cm³/mol. The third kappa shape index (κ3) is 4.71. The van der Waals surface area contributed by atoms with Crippen LogP contribution in [0.2, 0.25) is 0 Å². The Morgan fingerprint density at radius 2 is 1.76 bits per heavy atom. The average molecular weight is 591 g/mol. The Kier molecular flexibility index (Phi) is 6.51. The number of carbonyl (C=O) groups excluding carboxylic acids is 1. The number of amidine groups is 1. The first-order valence-corrected chi connectivity index (χ1v) is 15.6. The van der Waals surface area contributed by atoms with E-state index in [0.29, 0.717) is 38.8 Å². The third-order valence-corrected chi connectivity index (χ3v) is 10.9. The number of primary sulfonamides is 1. The maximum Gasteiger partial charge on any atom is 0.271 e. The number of amides is 1. The monoisotopic (exact) mass is 590 g/mol. The number of hydrogen-bond acceptors (Lipinski definition) is 8. The van der Waals surface area contributed by atoms with E-state index in [1.807, 2.05) is 0 Å². The van der Waals surface area contributed by atoms with Gasteiger partial charge in [-0.25, -0.2) is 13.6 Å². The second-order valence-corrected chi connectivity index (χ2v) is 14.0. The molecule has 0 spiro atoms. The molecule has 2 aliphatic carbocycles. The van der Waals surface area contributed by atoms with Gasteiger partial charge < -0.3 is 9.52 Å². The van der Waals surface area contributed by atoms with Crippen LogP contribution in [0.1, 0.15) is 45.8 Å². The SMILES string of the molecule is CC12CCC(CC1=NN=C1SC(=Cc3ccc(-c4ccc(S(N)(=O)=O)cc4)o3)C(=O)N1c1ccc(O)cc1)C2(C)C. The van der Waals surface area contributed by atoms with Gasteiger partial charge in [0.05, 0.1) is 15.5 Å². The van der Waals surface area contributed by atoms with Crippen LogP contribution < -0.4 is 10.0 Å². The van der Waals surface area contributed by atoms with E-state index in [2.05, 4.69) is 25.9 Å². The van der Waals surface area contributed by atoms with Crippen molar-refractivity contribution in [2.75, 3.05) is 4.90 Å². The number of nitrogens with zero attached hydrogens (tertiary/aromatic N) is 3. The fraction of sp³-hybridized carbons (Fsp3) is 0.300. The molecule has 2 unspecified atom stereocenters. The van der Waals surface area contributed by atoms with Crippen molar-refractivity contribution in [3.05, 3.63) is 71.3 Å². The van der Waals surface area contributed by atoms with Gasteiger partial charge in [0.25, 0.3) is 5.91 Å². The normalized spacial score (nSPS) is 26.6. The van der Waals surface area contributed by atoms with Gasteiger partial charge in [0, 0.05) is 22.8 Å². The van der Waals surface area contributed by atoms with Crippen molar-refractivity contribution in [2.45, 2.75) is 44.9 Å². The Balaban J connectivity index is 1.32. The fourth-order valence-electron chi connectivity index (χ4n) is 6.08. The molecule has 41 heavy (non-hydrogen) atoms. The molecule has 1 aromatic heterocycles. The van der Waals surface area contributed by atoms with E-state index < -0.39 is 10.0 Å². The van der Waals surface area contributed by atoms with E-state index in [1.54, 1.807) is 42.5 Å². The van der Waals surface area contributed by atoms with Crippen LogP contribution in [-0.4, -0.2) is 30.3 Å². The van der Waals surface area contributed by atoms with Crippen LogP contribution in [0.5, 0.6) is 5.75 Å². The molecule has 3 N–H and O–H groups in total. The summed E-state index contributed by atoms with van der Waals surface area (Å²) in [7, 11) is -3.80. The van der Waals surface area contributed by atoms with Gasteiger partial charge in [0.1, 0.15) is 17.3 Å². The molecule has 2 saturated carbocycles. The topological polar surface area (TPSA) is 139 Å². The quantitative estimate of drug-likeness (QED) is 0.277. The summed E-state index contributed by atoms with van der Waals surface area (Å²) in [6.45, 7) is 6.89. The van der Waals surface area contributed by atoms with Crippen LogP contribution in [0.3, 0.4) is 0 Å². The van der Waals surface area contributed by atoms with Crippen molar-refractivity contribution in [1.82, 2.24) is 0 Å². The molecular formula is C30H30N4O5S2. The molecule has 9 nitrogen and oxygen atoms in total. The molecule has 3 fully saturated rings. The highest BCUT2D eigenvalue weighted by Gasteiger charge is 2.60. The maximum atomic E-state index is 13.6. The molecule has 1 saturated heterocycles. The third-order valence-electron chi connectivity index (χ3n) is 9.05. The van der Waals surface area contributed by atoms with Crippen LogP contribution in [0, 0.1) is 16.7 Å². The Labute approximate surface area is 242 Å². The summed E-state index contributed by atoms with van der Waals surface area (Å²) < 4.78 is 29.1. The van der Waals surface area contributed by atoms with Crippen molar-refractivity contribution in [3.63, 3.8) is 0 Å². The minimum Gasteiger partial charge on any atom is -0.508 e. The fourth-order valence-corrected chi connectivity index (χ4v) is 7.50. The number of fused-ring (bicyclic) bond motifs is 2. The zero-order valence-electron chi connectivity index (χ0n) is 22.9. The Hall–Kier alpha value is -3.67. The van der Waals surface area contributed by atoms with E-state index in [4.69, 9.17) is 14.7 Å². The van der Waals surface area contributed by atoms with E-state index in [-0.39, 0.29) is 27.4 Å². The summed E-state index contributed by atoms with van der Waals surface area (Å²) >= 11 is 1.21. The summed E-state index contributed by atoms with van der Waals surface area (Å²) in [6, 6.07) is 15.9. The van der Waals surface area contributed by atoms with Gasteiger partial charge in [-0.05, 0) is 103 Å². The van der Waals surface area contributed by atoms with Crippen molar-refractivity contribution in [1.29, 1.82) is 0 Å². The molecular weight excluding hydrogens is 560 g/mol. The summed E-state index contributed by atoms with van der Waals surface area (Å²) in [5.74, 6) is 1.36. The van der Waals surface area contributed by atoms with Crippen LogP contribution in [0.15, 0.2) is 85.1 Å². The highest BCUT2D eigenvalue weighted by atomic mass is 32.2. The Bertz CT molecular complexity index is 1740. The van der Waals surface area contributed by atoms with Gasteiger partial charge in [-0.15, -0.1) is 5.10 Å². The summed E-state index contributed by atoms with van der Waals surface area (Å²) in [6.07, 6.45) is 4.84. The molecule has 0 radical (unpaired) electrons. The molecule has 3 aliphatic rings. The zero-order valence-corrected chi connectivity index (χ0v) is 24.5. The number of phenols is 1. The second kappa shape index (κ2) is 9.71. The van der Waals surface area contributed by atoms with Crippen LogP contribution in [0.25, 0.3) is 17.4 Å². The Morgan fingerprint density at radius 1 is 1.05 bits per heavy atom. The van der Waals surface area contributed by atoms with Crippen molar-refractivity contribution >= 4 is 50.3 Å². The standard InChI is InChI=1S/C30H30N4O5S2/c1-29(2)19-14-15-30(29,3)26(16-19)32-33-28-34(20-6-8-21(35)9-7-20)27(36)25(40-28)17-22-10-13-24(39-22)18-4-11-23(12-5-18)41(31,37)38/h4-13,17,19,35H,14-16H2,1-3H3,(H2,31,37,38). The molecule has 2 heterocycles. The van der Waals surface area contributed by atoms with Gasteiger partial charge >= 0.3 is 0 Å². The number of anilines is 1. The molecule has 1 aliphatic heterocycles. The molecule has 6 rings (SSSR count). The summed E-state index contributed by atoms with van der Waals surface area (Å²) in [5, 5.41) is 24.8. The highest BCUT2D eigenvalue weighted by Crippen LogP contribution is 2.64. The van der Waals surface area contributed by atoms with E-state index >= 15 is 0 Å². The number of benzene rings is 2. The number of phenolic OH excluding ortho intramolecular Hbond substituents is 1. The molecule has 212 valence electrons. The average Bonchev–Trinajstić information content (AvgIpc) is 3.62. The van der Waals surface area contributed by atoms with E-state index in [0.717, 1.165) is 18.6 Å². The second-order valence-electron chi connectivity index (χ2n) is 11.5. The van der Waals surface area contributed by atoms with Crippen LogP contribution in [0.4, 0.5) is 5.69 Å². The van der Waals surface area contributed by atoms with Gasteiger partial charge in [-0.3, -0.25) is 9.69 Å². The first kappa shape index (κ1) is 27.5. The largest absolute Gasteiger partial charge is 0.508 e. The lowest BCUT2D eigenvalue weighted by atomic mass is 9.70. The molecule has 3 aromatic rings. The lowest BCUT2D eigenvalue weighted by molar-refractivity contribution is -0.113. The van der Waals surface area contributed by atoms with Crippen molar-refractivity contribution in [3.8, 4) is 17.1 Å². The number of thioether (sulfide) groups is 1. The number of hydrogen-bond donors (Lipinski definition) is 2. The number of aromatic hydroxyl groups is 1. The number of furan rings is 1. The van der Waals surface area contributed by atoms with Crippen molar-refractivity contribution in [2.24, 2.45) is 32.1 Å². The van der Waals surface area contributed by atoms with Gasteiger partial charge in [0.2, 0.25) is 15.2 Å². The molecule has 1 amide bonds. The number of sulfonamides is 1. The summed E-state index contributed by atoms with van der Waals surface area (Å²) in [5.41, 5.74) is 2.44. The van der Waals surface area contributed by atoms with Gasteiger partial charge in [0.15, 0.2) is 0 Å². The van der Waals surface area contributed by atoms with Crippen LogP contribution in [-0.2, 0) is 14.8 Å². The van der Waals surface area contributed by atoms with Crippen LogP contribution >= 0.6 is 11.8 Å². The van der Waals surface area contributed by atoms with Crippen molar-refractivity contribution < 1.29 is 22.7 Å². The van der Waals surface area contributed by atoms with Gasteiger partial charge in [-0.1, -0.05) is 20.8 Å². The first-order chi connectivity index (χ1) is 19.4. The predicted octanol–water partition coefficient (Wildman–Crippen LogP) is 5.98. The maximum absolute atomic E-state index is 13.6. The lowest BCUT2D eigenvalue weighted by Crippen LogP contribution is -2.32. The first-order valence-electron chi connectivity index (χ1n) is 13.3. The molecule has 2 bridgehead atoms. The highest BCUT2D eigenvalue weighted by molar-refractivity contribution is 8.19. The minimum absolute atomic E-state index is 0.0100. The number of carbonyl (C=O) groups is 1. The lowest BCUT2D eigenvalue weighted by Gasteiger charge is -2.34. The molecule has 2 atom stereocenters. The molecule has 11 heteroatoms. The summed E-state index contributed by atoms with van der Waals surface area (Å²) in [4.78, 5) is 15.5. The van der Waals surface area contributed by atoms with E-state index in [1.165, 1.54) is 47.3 Å². The van der Waals surface area contributed by atoms with E-state index in [9.17, 15) is 18.3 Å². The molecule has 2 aromatic carbocycles. The number of nitrogens with two attached hydrogens (primary N) is 1. The smallest absolute Gasteiger partial charge is 0.271 e. The number of rotatable bonds is 5. The Morgan fingerprint density at radius 3 is 2.37 bits per heavy atom.